The number of hydrogen-bond donors (Lipinski definition) is 0. The van der Waals surface area contributed by atoms with E-state index in [1.807, 2.05) is 6.07 Å². The molecule has 0 saturated carbocycles. The van der Waals surface area contributed by atoms with Crippen LogP contribution in [0.25, 0.3) is 0 Å². The molecule has 2 aliphatic heterocycles. The van der Waals surface area contributed by atoms with Crippen LogP contribution >= 0.6 is 11.6 Å². The van der Waals surface area contributed by atoms with Gasteiger partial charge in [-0.2, -0.15) is 9.40 Å². The van der Waals surface area contributed by atoms with Crippen LogP contribution in [0.3, 0.4) is 0 Å². The first-order valence-corrected chi connectivity index (χ1v) is 11.6. The minimum Gasteiger partial charge on any atom is -0.378 e. The molecule has 156 valence electrons. The van der Waals surface area contributed by atoms with E-state index < -0.39 is 10.0 Å². The summed E-state index contributed by atoms with van der Waals surface area (Å²) in [5, 5.41) is 9.00. The van der Waals surface area contributed by atoms with Crippen LogP contribution in [0.5, 0.6) is 0 Å². The Kier molecular flexibility index (Phi) is 6.19. The normalized spacial score (nSPS) is 18.8. The van der Waals surface area contributed by atoms with Crippen molar-refractivity contribution in [2.24, 2.45) is 0 Å². The first-order chi connectivity index (χ1) is 14.0. The summed E-state index contributed by atoms with van der Waals surface area (Å²) in [7, 11) is -3.37. The third-order valence-corrected chi connectivity index (χ3v) is 7.32. The second kappa shape index (κ2) is 8.83. The Labute approximate surface area is 176 Å². The van der Waals surface area contributed by atoms with Crippen molar-refractivity contribution in [1.29, 1.82) is 0 Å². The average molecular weight is 438 g/mol. The summed E-state index contributed by atoms with van der Waals surface area (Å²) >= 11 is 5.88. The van der Waals surface area contributed by atoms with Gasteiger partial charge in [0, 0.05) is 50.4 Å². The zero-order valence-corrected chi connectivity index (χ0v) is 17.6. The number of benzene rings is 1. The highest BCUT2D eigenvalue weighted by atomic mass is 35.5. The minimum atomic E-state index is -3.37. The molecule has 4 rings (SSSR count). The van der Waals surface area contributed by atoms with Crippen LogP contribution in [0, 0.1) is 0 Å². The van der Waals surface area contributed by atoms with E-state index in [1.54, 1.807) is 34.8 Å². The van der Waals surface area contributed by atoms with Crippen molar-refractivity contribution >= 4 is 33.1 Å². The van der Waals surface area contributed by atoms with Crippen LogP contribution in [-0.4, -0.2) is 75.4 Å². The second-order valence-corrected chi connectivity index (χ2v) is 9.55. The molecular formula is C19H24ClN5O3S. The molecule has 2 aliphatic rings. The van der Waals surface area contributed by atoms with E-state index in [0.717, 1.165) is 30.2 Å². The molecule has 0 unspecified atom stereocenters. The third kappa shape index (κ3) is 4.98. The zero-order chi connectivity index (χ0) is 20.3. The van der Waals surface area contributed by atoms with Crippen molar-refractivity contribution in [1.82, 2.24) is 14.5 Å². The van der Waals surface area contributed by atoms with Gasteiger partial charge in [0.2, 0.25) is 10.0 Å². The number of hydrogen-bond acceptors (Lipinski definition) is 7. The molecule has 0 amide bonds. The summed E-state index contributed by atoms with van der Waals surface area (Å²) in [5.41, 5.74) is 1.76. The van der Waals surface area contributed by atoms with Gasteiger partial charge < -0.3 is 14.5 Å². The molecule has 2 aromatic rings. The summed E-state index contributed by atoms with van der Waals surface area (Å²) in [5.74, 6) is 0.764. The molecule has 1 aromatic heterocycles. The fourth-order valence-corrected chi connectivity index (χ4v) is 5.21. The quantitative estimate of drug-likeness (QED) is 0.703. The van der Waals surface area contributed by atoms with Gasteiger partial charge >= 0.3 is 0 Å². The van der Waals surface area contributed by atoms with Gasteiger partial charge in [0.25, 0.3) is 0 Å². The van der Waals surface area contributed by atoms with E-state index in [0.29, 0.717) is 44.4 Å². The molecule has 0 radical (unpaired) electrons. The highest BCUT2D eigenvalue weighted by molar-refractivity contribution is 7.88. The van der Waals surface area contributed by atoms with Crippen LogP contribution in [0.15, 0.2) is 36.5 Å². The van der Waals surface area contributed by atoms with Crippen molar-refractivity contribution < 1.29 is 13.2 Å². The Morgan fingerprint density at radius 1 is 0.966 bits per heavy atom. The van der Waals surface area contributed by atoms with Crippen LogP contribution in [0.4, 0.5) is 11.5 Å². The van der Waals surface area contributed by atoms with E-state index in [9.17, 15) is 8.42 Å². The maximum Gasteiger partial charge on any atom is 0.218 e. The number of rotatable bonds is 5. The van der Waals surface area contributed by atoms with Gasteiger partial charge in [-0.1, -0.05) is 23.7 Å². The van der Waals surface area contributed by atoms with Crippen LogP contribution in [0.1, 0.15) is 5.56 Å². The number of anilines is 2. The fourth-order valence-electron chi connectivity index (χ4n) is 3.57. The number of piperazine rings is 1. The largest absolute Gasteiger partial charge is 0.378 e. The van der Waals surface area contributed by atoms with Crippen LogP contribution in [0.2, 0.25) is 5.02 Å². The highest BCUT2D eigenvalue weighted by Crippen LogP contribution is 2.22. The highest BCUT2D eigenvalue weighted by Gasteiger charge is 2.28. The first-order valence-electron chi connectivity index (χ1n) is 9.64. The van der Waals surface area contributed by atoms with Crippen molar-refractivity contribution in [2.45, 2.75) is 5.75 Å². The summed E-state index contributed by atoms with van der Waals surface area (Å²) in [6.45, 7) is 5.12. The lowest BCUT2D eigenvalue weighted by atomic mass is 10.2. The third-order valence-electron chi connectivity index (χ3n) is 5.22. The molecule has 0 spiro atoms. The van der Waals surface area contributed by atoms with Gasteiger partial charge in [0.15, 0.2) is 5.82 Å². The molecule has 1 aromatic carbocycles. The Bertz CT molecular complexity index is 927. The summed E-state index contributed by atoms with van der Waals surface area (Å²) in [6, 6.07) is 8.96. The lowest BCUT2D eigenvalue weighted by molar-refractivity contribution is 0.122. The van der Waals surface area contributed by atoms with Gasteiger partial charge in [0.05, 0.1) is 30.9 Å². The van der Waals surface area contributed by atoms with Gasteiger partial charge in [-0.3, -0.25) is 0 Å². The second-order valence-electron chi connectivity index (χ2n) is 7.14. The van der Waals surface area contributed by atoms with E-state index >= 15 is 0 Å². The molecule has 0 bridgehead atoms. The molecule has 0 aliphatic carbocycles. The van der Waals surface area contributed by atoms with Gasteiger partial charge in [0.1, 0.15) is 0 Å². The van der Waals surface area contributed by atoms with E-state index in [-0.39, 0.29) is 5.75 Å². The Hall–Kier alpha value is -1.94. The number of morpholine rings is 1. The summed E-state index contributed by atoms with van der Waals surface area (Å²) in [4.78, 5) is 4.32. The molecule has 2 fully saturated rings. The molecule has 0 N–H and O–H groups in total. The number of ether oxygens (including phenoxy) is 1. The van der Waals surface area contributed by atoms with E-state index in [1.165, 1.54) is 0 Å². The maximum absolute atomic E-state index is 12.8. The fraction of sp³-hybridized carbons (Fsp3) is 0.474. The van der Waals surface area contributed by atoms with Crippen molar-refractivity contribution in [3.63, 3.8) is 0 Å². The predicted molar refractivity (Wildman–Crippen MR) is 113 cm³/mol. The zero-order valence-electron chi connectivity index (χ0n) is 16.1. The average Bonchev–Trinajstić information content (AvgIpc) is 2.76. The monoisotopic (exact) mass is 437 g/mol. The first kappa shape index (κ1) is 20.3. The number of nitrogens with zero attached hydrogens (tertiary/aromatic N) is 5. The van der Waals surface area contributed by atoms with Gasteiger partial charge in [-0.15, -0.1) is 5.10 Å². The SMILES string of the molecule is O=S(=O)(Cc1ccc(Cl)cc1)N1CCN(c2cc(N3CCOCC3)cnn2)CC1. The maximum atomic E-state index is 12.8. The molecular weight excluding hydrogens is 414 g/mol. The molecule has 2 saturated heterocycles. The van der Waals surface area contributed by atoms with Crippen LogP contribution in [-0.2, 0) is 20.5 Å². The van der Waals surface area contributed by atoms with Crippen molar-refractivity contribution in [2.75, 3.05) is 62.3 Å². The standard InChI is InChI=1S/C19H24ClN5O3S/c20-17-3-1-16(2-4-17)15-29(26,27)25-7-5-24(6-8-25)19-13-18(14-21-22-19)23-9-11-28-12-10-23/h1-4,13-14H,5-12,15H2. The summed E-state index contributed by atoms with van der Waals surface area (Å²) in [6.07, 6.45) is 1.77. The van der Waals surface area contributed by atoms with Crippen LogP contribution < -0.4 is 9.80 Å². The van der Waals surface area contributed by atoms with Crippen molar-refractivity contribution in [3.8, 4) is 0 Å². The number of aromatic nitrogens is 2. The number of halogens is 1. The molecule has 3 heterocycles. The predicted octanol–water partition coefficient (Wildman–Crippen LogP) is 1.62. The lowest BCUT2D eigenvalue weighted by Crippen LogP contribution is -2.49. The summed E-state index contributed by atoms with van der Waals surface area (Å²) < 4.78 is 32.5. The minimum absolute atomic E-state index is 0.0174. The van der Waals surface area contributed by atoms with Gasteiger partial charge in [-0.25, -0.2) is 8.42 Å². The Morgan fingerprint density at radius 2 is 1.66 bits per heavy atom. The molecule has 0 atom stereocenters. The van der Waals surface area contributed by atoms with Gasteiger partial charge in [-0.05, 0) is 17.7 Å². The lowest BCUT2D eigenvalue weighted by Gasteiger charge is -2.35. The number of sulfonamides is 1. The molecule has 8 nitrogen and oxygen atoms in total. The molecule has 10 heteroatoms. The molecule has 29 heavy (non-hydrogen) atoms. The van der Waals surface area contributed by atoms with E-state index in [2.05, 4.69) is 20.0 Å². The Balaban J connectivity index is 1.38. The Morgan fingerprint density at radius 3 is 2.34 bits per heavy atom. The smallest absolute Gasteiger partial charge is 0.218 e. The van der Waals surface area contributed by atoms with Crippen molar-refractivity contribution in [3.05, 3.63) is 47.1 Å². The topological polar surface area (TPSA) is 78.9 Å². The van der Waals surface area contributed by atoms with E-state index in [4.69, 9.17) is 16.3 Å².